The third kappa shape index (κ3) is 1.98. The molecule has 100 valence electrons. The van der Waals surface area contributed by atoms with Gasteiger partial charge in [-0.05, 0) is 24.8 Å². The van der Waals surface area contributed by atoms with Gasteiger partial charge in [0.15, 0.2) is 0 Å². The first-order valence-corrected chi connectivity index (χ1v) is 6.26. The van der Waals surface area contributed by atoms with Crippen molar-refractivity contribution < 1.29 is 14.8 Å². The maximum Gasteiger partial charge on any atom is 0.282 e. The van der Waals surface area contributed by atoms with Crippen molar-refractivity contribution in [1.82, 2.24) is 4.90 Å². The number of nitro benzene ring substituents is 1. The van der Waals surface area contributed by atoms with Crippen molar-refractivity contribution in [1.29, 1.82) is 0 Å². The number of aliphatic hydroxyl groups is 1. The van der Waals surface area contributed by atoms with Gasteiger partial charge in [-0.25, -0.2) is 0 Å². The topological polar surface area (TPSA) is 83.7 Å². The Kier molecular flexibility index (Phi) is 2.56. The number of nitro groups is 1. The number of hydrogen-bond acceptors (Lipinski definition) is 4. The van der Waals surface area contributed by atoms with Crippen LogP contribution in [0.2, 0.25) is 0 Å². The van der Waals surface area contributed by atoms with E-state index in [4.69, 9.17) is 0 Å². The van der Waals surface area contributed by atoms with Crippen LogP contribution < -0.4 is 0 Å². The van der Waals surface area contributed by atoms with Gasteiger partial charge in [0.2, 0.25) is 0 Å². The van der Waals surface area contributed by atoms with Crippen LogP contribution in [0.25, 0.3) is 0 Å². The van der Waals surface area contributed by atoms with E-state index in [0.29, 0.717) is 5.92 Å². The monoisotopic (exact) mass is 262 g/mol. The Morgan fingerprint density at radius 1 is 1.37 bits per heavy atom. The van der Waals surface area contributed by atoms with E-state index in [1.54, 1.807) is 6.07 Å². The summed E-state index contributed by atoms with van der Waals surface area (Å²) in [5.41, 5.74) is -0.862. The van der Waals surface area contributed by atoms with Crippen LogP contribution in [0.1, 0.15) is 23.2 Å². The maximum atomic E-state index is 12.2. The summed E-state index contributed by atoms with van der Waals surface area (Å²) in [5, 5.41) is 21.1. The van der Waals surface area contributed by atoms with E-state index in [2.05, 4.69) is 0 Å². The van der Waals surface area contributed by atoms with Gasteiger partial charge in [0.05, 0.1) is 18.0 Å². The van der Waals surface area contributed by atoms with Crippen molar-refractivity contribution in [2.75, 3.05) is 13.1 Å². The number of carbonyl (C=O) groups is 1. The van der Waals surface area contributed by atoms with E-state index in [1.165, 1.54) is 23.1 Å². The summed E-state index contributed by atoms with van der Waals surface area (Å²) in [4.78, 5) is 24.0. The molecule has 1 saturated heterocycles. The van der Waals surface area contributed by atoms with Gasteiger partial charge in [-0.15, -0.1) is 0 Å². The molecule has 1 amide bonds. The molecule has 0 radical (unpaired) electrons. The molecular weight excluding hydrogens is 248 g/mol. The van der Waals surface area contributed by atoms with E-state index < -0.39 is 10.5 Å². The average Bonchev–Trinajstić information content (AvgIpc) is 3.18. The van der Waals surface area contributed by atoms with Crippen LogP contribution >= 0.6 is 0 Å². The summed E-state index contributed by atoms with van der Waals surface area (Å²) < 4.78 is 0. The Morgan fingerprint density at radius 2 is 2.00 bits per heavy atom. The molecule has 3 rings (SSSR count). The standard InChI is InChI=1S/C13H14N2O4/c16-12(10-3-1-2-4-11(10)15(18)19)14-7-13(17,8-14)9-5-6-9/h1-4,9,17H,5-8H2. The van der Waals surface area contributed by atoms with Crippen LogP contribution in [0.15, 0.2) is 24.3 Å². The lowest BCUT2D eigenvalue weighted by molar-refractivity contribution is -0.385. The quantitative estimate of drug-likeness (QED) is 0.655. The fourth-order valence-corrected chi connectivity index (χ4v) is 2.62. The lowest BCUT2D eigenvalue weighted by Gasteiger charge is -2.46. The van der Waals surface area contributed by atoms with Gasteiger partial charge < -0.3 is 10.0 Å². The summed E-state index contributed by atoms with van der Waals surface area (Å²) in [6.45, 7) is 0.561. The van der Waals surface area contributed by atoms with Crippen LogP contribution in [0.4, 0.5) is 5.69 Å². The van der Waals surface area contributed by atoms with Gasteiger partial charge in [0, 0.05) is 6.07 Å². The highest BCUT2D eigenvalue weighted by atomic mass is 16.6. The van der Waals surface area contributed by atoms with Gasteiger partial charge in [-0.2, -0.15) is 0 Å². The molecule has 0 spiro atoms. The number of β-amino-alcohol motifs (C(OH)–C–C–N with tert-alkyl or cyclic N) is 1. The maximum absolute atomic E-state index is 12.2. The fraction of sp³-hybridized carbons (Fsp3) is 0.462. The molecule has 2 fully saturated rings. The summed E-state index contributed by atoms with van der Waals surface area (Å²) >= 11 is 0. The highest BCUT2D eigenvalue weighted by molar-refractivity contribution is 5.98. The minimum atomic E-state index is -0.765. The van der Waals surface area contributed by atoms with E-state index in [9.17, 15) is 20.0 Å². The van der Waals surface area contributed by atoms with Crippen LogP contribution in [0.3, 0.4) is 0 Å². The molecule has 1 aliphatic heterocycles. The smallest absolute Gasteiger partial charge is 0.282 e. The van der Waals surface area contributed by atoms with Crippen molar-refractivity contribution >= 4 is 11.6 Å². The lowest BCUT2D eigenvalue weighted by atomic mass is 9.88. The minimum absolute atomic E-state index is 0.0883. The normalized spacial score (nSPS) is 20.8. The number of likely N-dealkylation sites (tertiary alicyclic amines) is 1. The molecular formula is C13H14N2O4. The van der Waals surface area contributed by atoms with Crippen LogP contribution in [0.5, 0.6) is 0 Å². The van der Waals surface area contributed by atoms with Crippen LogP contribution in [-0.2, 0) is 0 Å². The van der Waals surface area contributed by atoms with Gasteiger partial charge >= 0.3 is 0 Å². The van der Waals surface area contributed by atoms with Crippen LogP contribution in [0, 0.1) is 16.0 Å². The largest absolute Gasteiger partial charge is 0.386 e. The third-order valence-corrected chi connectivity index (χ3v) is 3.88. The van der Waals surface area contributed by atoms with E-state index >= 15 is 0 Å². The molecule has 0 aromatic heterocycles. The Labute approximate surface area is 109 Å². The Morgan fingerprint density at radius 3 is 2.58 bits per heavy atom. The van der Waals surface area contributed by atoms with Crippen molar-refractivity contribution in [3.63, 3.8) is 0 Å². The molecule has 1 aromatic rings. The molecule has 1 heterocycles. The number of para-hydroxylation sites is 1. The Balaban J connectivity index is 1.77. The number of carbonyl (C=O) groups excluding carboxylic acids is 1. The molecule has 6 heteroatoms. The number of hydrogen-bond donors (Lipinski definition) is 1. The zero-order chi connectivity index (χ0) is 13.6. The predicted octanol–water partition coefficient (Wildman–Crippen LogP) is 1.19. The van der Waals surface area contributed by atoms with Gasteiger partial charge in [-0.3, -0.25) is 14.9 Å². The summed E-state index contributed by atoms with van der Waals surface area (Å²) in [6.07, 6.45) is 2.01. The van der Waals surface area contributed by atoms with Gasteiger partial charge in [0.1, 0.15) is 11.2 Å². The molecule has 0 atom stereocenters. The summed E-state index contributed by atoms with van der Waals surface area (Å²) in [6, 6.07) is 5.91. The highest BCUT2D eigenvalue weighted by Crippen LogP contribution is 2.44. The number of nitrogens with zero attached hydrogens (tertiary/aromatic N) is 2. The van der Waals surface area contributed by atoms with Crippen molar-refractivity contribution in [2.24, 2.45) is 5.92 Å². The second kappa shape index (κ2) is 4.03. The van der Waals surface area contributed by atoms with E-state index in [1.807, 2.05) is 0 Å². The molecule has 1 aliphatic carbocycles. The molecule has 1 aromatic carbocycles. The third-order valence-electron chi connectivity index (χ3n) is 3.88. The van der Waals surface area contributed by atoms with Crippen LogP contribution in [-0.4, -0.2) is 39.5 Å². The average molecular weight is 262 g/mol. The second-order valence-corrected chi connectivity index (χ2v) is 5.31. The summed E-state index contributed by atoms with van der Waals surface area (Å²) in [5.74, 6) is -0.0834. The first-order valence-electron chi connectivity index (χ1n) is 6.26. The predicted molar refractivity (Wildman–Crippen MR) is 66.7 cm³/mol. The van der Waals surface area contributed by atoms with Gasteiger partial charge in [0.25, 0.3) is 11.6 Å². The highest BCUT2D eigenvalue weighted by Gasteiger charge is 2.53. The molecule has 19 heavy (non-hydrogen) atoms. The molecule has 2 aliphatic rings. The van der Waals surface area contributed by atoms with Crippen molar-refractivity contribution in [2.45, 2.75) is 18.4 Å². The molecule has 1 saturated carbocycles. The number of amides is 1. The Hall–Kier alpha value is -1.95. The number of benzene rings is 1. The van der Waals surface area contributed by atoms with Gasteiger partial charge in [-0.1, -0.05) is 12.1 Å². The van der Waals surface area contributed by atoms with E-state index in [-0.39, 0.29) is 30.2 Å². The molecule has 0 unspecified atom stereocenters. The molecule has 6 nitrogen and oxygen atoms in total. The van der Waals surface area contributed by atoms with E-state index in [0.717, 1.165) is 12.8 Å². The molecule has 1 N–H and O–H groups in total. The Bertz CT molecular complexity index is 547. The first-order chi connectivity index (χ1) is 9.01. The SMILES string of the molecule is O=C(c1ccccc1[N+](=O)[O-])N1CC(O)(C2CC2)C1. The van der Waals surface area contributed by atoms with Crippen molar-refractivity contribution in [3.05, 3.63) is 39.9 Å². The fourth-order valence-electron chi connectivity index (χ4n) is 2.62. The summed E-state index contributed by atoms with van der Waals surface area (Å²) in [7, 11) is 0. The number of rotatable bonds is 3. The van der Waals surface area contributed by atoms with Crippen molar-refractivity contribution in [3.8, 4) is 0 Å². The zero-order valence-corrected chi connectivity index (χ0v) is 10.3. The second-order valence-electron chi connectivity index (χ2n) is 5.31. The lowest BCUT2D eigenvalue weighted by Crippen LogP contribution is -2.64. The molecule has 0 bridgehead atoms. The zero-order valence-electron chi connectivity index (χ0n) is 10.3. The minimum Gasteiger partial charge on any atom is -0.386 e. The first kappa shape index (κ1) is 12.1.